The highest BCUT2D eigenvalue weighted by atomic mass is 79.9. The molecule has 0 aromatic heterocycles. The summed E-state index contributed by atoms with van der Waals surface area (Å²) in [7, 11) is 0. The fourth-order valence-electron chi connectivity index (χ4n) is 2.57. The number of allylic oxidation sites excluding steroid dienone is 2. The summed E-state index contributed by atoms with van der Waals surface area (Å²) in [5, 5.41) is 18.6. The quantitative estimate of drug-likeness (QED) is 0.736. The van der Waals surface area contributed by atoms with Crippen LogP contribution in [0.1, 0.15) is 35.7 Å². The maximum absolute atomic E-state index is 12.4. The Hall–Kier alpha value is -2.79. The van der Waals surface area contributed by atoms with Gasteiger partial charge in [0.2, 0.25) is 5.88 Å². The molecule has 0 spiro atoms. The second-order valence-electron chi connectivity index (χ2n) is 5.16. The van der Waals surface area contributed by atoms with Crippen LogP contribution in [0.3, 0.4) is 0 Å². The minimum absolute atomic E-state index is 0.0589. The Balaban J connectivity index is 2.64. The van der Waals surface area contributed by atoms with Crippen LogP contribution in [0.5, 0.6) is 0 Å². The smallest absolute Gasteiger partial charge is 0.338 e. The first-order valence-corrected chi connectivity index (χ1v) is 8.09. The van der Waals surface area contributed by atoms with E-state index >= 15 is 0 Å². The first kappa shape index (κ1) is 18.5. The number of nitriles is 1. The molecule has 0 saturated carbocycles. The van der Waals surface area contributed by atoms with Gasteiger partial charge in [0.15, 0.2) is 0 Å². The number of carbonyl (C=O) groups is 2. The van der Waals surface area contributed by atoms with E-state index < -0.39 is 17.9 Å². The van der Waals surface area contributed by atoms with Crippen LogP contribution in [-0.4, -0.2) is 23.7 Å². The van der Waals surface area contributed by atoms with Crippen LogP contribution in [0.15, 0.2) is 45.5 Å². The molecule has 1 aromatic carbocycles. The van der Waals surface area contributed by atoms with Crippen LogP contribution in [0.4, 0.5) is 0 Å². The van der Waals surface area contributed by atoms with Crippen LogP contribution in [0, 0.1) is 11.3 Å². The number of aromatic carboxylic acids is 1. The largest absolute Gasteiger partial charge is 0.478 e. The summed E-state index contributed by atoms with van der Waals surface area (Å²) in [5.74, 6) is -2.39. The molecule has 3 N–H and O–H groups in total. The van der Waals surface area contributed by atoms with Crippen molar-refractivity contribution in [3.63, 3.8) is 0 Å². The van der Waals surface area contributed by atoms with Crippen LogP contribution >= 0.6 is 15.9 Å². The summed E-state index contributed by atoms with van der Waals surface area (Å²) in [6, 6.07) is 6.42. The molecule has 0 amide bonds. The minimum Gasteiger partial charge on any atom is -0.478 e. The number of benzene rings is 1. The second-order valence-corrected chi connectivity index (χ2v) is 6.01. The molecule has 1 aliphatic rings. The summed E-state index contributed by atoms with van der Waals surface area (Å²) in [5.41, 5.74) is 6.59. The van der Waals surface area contributed by atoms with E-state index in [4.69, 9.17) is 20.3 Å². The van der Waals surface area contributed by atoms with Gasteiger partial charge in [-0.3, -0.25) is 0 Å². The second kappa shape index (κ2) is 7.40. The Morgan fingerprint density at radius 3 is 2.68 bits per heavy atom. The molecular weight excluding hydrogens is 392 g/mol. The van der Waals surface area contributed by atoms with E-state index in [1.165, 1.54) is 18.2 Å². The molecule has 1 heterocycles. The molecule has 130 valence electrons. The van der Waals surface area contributed by atoms with Gasteiger partial charge in [-0.05, 0) is 47.5 Å². The summed E-state index contributed by atoms with van der Waals surface area (Å²) in [4.78, 5) is 23.6. The number of halogens is 1. The van der Waals surface area contributed by atoms with Gasteiger partial charge >= 0.3 is 11.9 Å². The summed E-state index contributed by atoms with van der Waals surface area (Å²) >= 11 is 3.20. The van der Waals surface area contributed by atoms with Crippen molar-refractivity contribution in [3.05, 3.63) is 56.6 Å². The molecule has 0 aliphatic carbocycles. The lowest BCUT2D eigenvalue weighted by atomic mass is 9.83. The van der Waals surface area contributed by atoms with E-state index in [1.807, 2.05) is 6.07 Å². The number of carboxylic acids is 1. The number of rotatable bonds is 4. The highest BCUT2D eigenvalue weighted by Gasteiger charge is 2.36. The number of carbonyl (C=O) groups excluding carboxylic acids is 1. The Kier molecular flexibility index (Phi) is 5.49. The van der Waals surface area contributed by atoms with Gasteiger partial charge in [0.25, 0.3) is 0 Å². The van der Waals surface area contributed by atoms with Crippen molar-refractivity contribution >= 4 is 27.9 Å². The van der Waals surface area contributed by atoms with Gasteiger partial charge in [0, 0.05) is 4.47 Å². The first-order valence-electron chi connectivity index (χ1n) is 7.30. The van der Waals surface area contributed by atoms with Crippen LogP contribution in [0.2, 0.25) is 0 Å². The Morgan fingerprint density at radius 1 is 1.48 bits per heavy atom. The molecule has 0 radical (unpaired) electrons. The zero-order valence-electron chi connectivity index (χ0n) is 13.5. The van der Waals surface area contributed by atoms with Gasteiger partial charge in [-0.15, -0.1) is 0 Å². The van der Waals surface area contributed by atoms with E-state index in [2.05, 4.69) is 15.9 Å². The zero-order chi connectivity index (χ0) is 18.7. The highest BCUT2D eigenvalue weighted by Crippen LogP contribution is 2.40. The molecule has 8 heteroatoms. The third kappa shape index (κ3) is 3.51. The number of hydrogen-bond donors (Lipinski definition) is 2. The molecule has 0 bridgehead atoms. The molecular formula is C17H15BrN2O5. The van der Waals surface area contributed by atoms with E-state index in [1.54, 1.807) is 13.8 Å². The van der Waals surface area contributed by atoms with Gasteiger partial charge in [0.1, 0.15) is 17.4 Å². The lowest BCUT2D eigenvalue weighted by Gasteiger charge is -2.27. The van der Waals surface area contributed by atoms with Crippen molar-refractivity contribution in [2.45, 2.75) is 19.8 Å². The van der Waals surface area contributed by atoms with E-state index in [9.17, 15) is 14.9 Å². The molecule has 2 rings (SSSR count). The van der Waals surface area contributed by atoms with Crippen LogP contribution < -0.4 is 5.73 Å². The van der Waals surface area contributed by atoms with Gasteiger partial charge in [0.05, 0.1) is 23.7 Å². The number of carboxylic acid groups (broad SMARTS) is 1. The van der Waals surface area contributed by atoms with Gasteiger partial charge in [-0.25, -0.2) is 9.59 Å². The Bertz CT molecular complexity index is 851. The molecule has 1 atom stereocenters. The fourth-order valence-corrected chi connectivity index (χ4v) is 3.14. The number of nitrogens with two attached hydrogens (primary N) is 1. The van der Waals surface area contributed by atoms with Gasteiger partial charge < -0.3 is 20.3 Å². The SMILES string of the molecule is CCOC(=O)C1=C(C)OC(N)=C(C#N)C1c1ccc(C(=O)O)c(Br)c1. The van der Waals surface area contributed by atoms with E-state index in [0.717, 1.165) is 0 Å². The lowest BCUT2D eigenvalue weighted by molar-refractivity contribution is -0.139. The van der Waals surface area contributed by atoms with Crippen molar-refractivity contribution in [3.8, 4) is 6.07 Å². The van der Waals surface area contributed by atoms with E-state index in [0.29, 0.717) is 10.0 Å². The topological polar surface area (TPSA) is 123 Å². The summed E-state index contributed by atoms with van der Waals surface area (Å²) < 4.78 is 10.7. The fraction of sp³-hybridized carbons (Fsp3) is 0.235. The zero-order valence-corrected chi connectivity index (χ0v) is 15.1. The normalized spacial score (nSPS) is 17.0. The van der Waals surface area contributed by atoms with Gasteiger partial charge in [-0.1, -0.05) is 6.07 Å². The maximum Gasteiger partial charge on any atom is 0.338 e. The van der Waals surface area contributed by atoms with Gasteiger partial charge in [-0.2, -0.15) is 5.26 Å². The third-order valence-corrected chi connectivity index (χ3v) is 4.31. The average molecular weight is 407 g/mol. The summed E-state index contributed by atoms with van der Waals surface area (Å²) in [6.07, 6.45) is 0. The lowest BCUT2D eigenvalue weighted by Crippen LogP contribution is -2.25. The molecule has 1 aliphatic heterocycles. The maximum atomic E-state index is 12.4. The number of hydrogen-bond acceptors (Lipinski definition) is 6. The van der Waals surface area contributed by atoms with Crippen LogP contribution in [-0.2, 0) is 14.3 Å². The average Bonchev–Trinajstić information content (AvgIpc) is 2.53. The van der Waals surface area contributed by atoms with Crippen molar-refractivity contribution in [2.24, 2.45) is 5.73 Å². The van der Waals surface area contributed by atoms with Crippen molar-refractivity contribution in [1.82, 2.24) is 0 Å². The standard InChI is InChI=1S/C17H15BrN2O5/c1-3-24-17(23)13-8(2)25-15(20)11(7-19)14(13)9-4-5-10(16(21)22)12(18)6-9/h4-6,14H,3,20H2,1-2H3,(H,21,22). The van der Waals surface area contributed by atoms with Crippen molar-refractivity contribution < 1.29 is 24.2 Å². The Morgan fingerprint density at radius 2 is 2.16 bits per heavy atom. The predicted molar refractivity (Wildman–Crippen MR) is 91.1 cm³/mol. The highest BCUT2D eigenvalue weighted by molar-refractivity contribution is 9.10. The monoisotopic (exact) mass is 406 g/mol. The molecule has 1 aromatic rings. The molecule has 0 saturated heterocycles. The number of esters is 1. The molecule has 1 unspecified atom stereocenters. The number of nitrogens with zero attached hydrogens (tertiary/aromatic N) is 1. The van der Waals surface area contributed by atoms with Crippen molar-refractivity contribution in [1.29, 1.82) is 5.26 Å². The minimum atomic E-state index is -1.10. The molecule has 0 fully saturated rings. The molecule has 25 heavy (non-hydrogen) atoms. The number of ether oxygens (including phenoxy) is 2. The molecule has 7 nitrogen and oxygen atoms in total. The predicted octanol–water partition coefficient (Wildman–Crippen LogP) is 2.79. The summed E-state index contributed by atoms with van der Waals surface area (Å²) in [6.45, 7) is 3.38. The first-order chi connectivity index (χ1) is 11.8. The van der Waals surface area contributed by atoms with E-state index in [-0.39, 0.29) is 35.0 Å². The Labute approximate surface area is 152 Å². The third-order valence-electron chi connectivity index (χ3n) is 3.66. The van der Waals surface area contributed by atoms with Crippen molar-refractivity contribution in [2.75, 3.05) is 6.61 Å². The van der Waals surface area contributed by atoms with Crippen LogP contribution in [0.25, 0.3) is 0 Å².